The first kappa shape index (κ1) is 26.4. The molecule has 0 atom stereocenters. The summed E-state index contributed by atoms with van der Waals surface area (Å²) in [6, 6.07) is 17.0. The van der Waals surface area contributed by atoms with Crippen LogP contribution in [0.1, 0.15) is 45.5 Å². The molecule has 1 aliphatic carbocycles. The zero-order valence-corrected chi connectivity index (χ0v) is 25.6. The van der Waals surface area contributed by atoms with Crippen molar-refractivity contribution in [3.63, 3.8) is 0 Å². The molecule has 1 aliphatic heterocycles. The molecule has 2 aliphatic rings. The molecule has 0 bridgehead atoms. The van der Waals surface area contributed by atoms with E-state index in [1.165, 1.54) is 31.3 Å². The zero-order valence-electron chi connectivity index (χ0n) is 23.2. The highest BCUT2D eigenvalue weighted by Gasteiger charge is 2.27. The van der Waals surface area contributed by atoms with E-state index in [0.717, 1.165) is 39.3 Å². The molecule has 2 aromatic heterocycles. The highest BCUT2D eigenvalue weighted by atomic mass is 32.2. The molecular formula is C32H34N3OS3+. The smallest absolute Gasteiger partial charge is 0.271 e. The molecule has 39 heavy (non-hydrogen) atoms. The number of hydrogen-bond donors (Lipinski definition) is 0. The molecule has 2 aromatic carbocycles. The molecule has 4 nitrogen and oxygen atoms in total. The average molecular weight is 573 g/mol. The van der Waals surface area contributed by atoms with Crippen molar-refractivity contribution in [2.24, 2.45) is 5.41 Å². The van der Waals surface area contributed by atoms with Gasteiger partial charge in [-0.25, -0.2) is 0 Å². The maximum atomic E-state index is 13.6. The number of hydrogen-bond acceptors (Lipinski definition) is 5. The molecule has 0 radical (unpaired) electrons. The maximum absolute atomic E-state index is 13.6. The van der Waals surface area contributed by atoms with Crippen LogP contribution in [0.3, 0.4) is 0 Å². The highest BCUT2D eigenvalue weighted by molar-refractivity contribution is 8.08. The van der Waals surface area contributed by atoms with Gasteiger partial charge in [0.2, 0.25) is 5.52 Å². The maximum Gasteiger partial charge on any atom is 0.271 e. The van der Waals surface area contributed by atoms with Gasteiger partial charge in [-0.15, -0.1) is 11.3 Å². The summed E-state index contributed by atoms with van der Waals surface area (Å²) < 4.78 is 7.53. The Morgan fingerprint density at radius 2 is 1.77 bits per heavy atom. The minimum absolute atomic E-state index is 0.108. The molecule has 4 aromatic rings. The second kappa shape index (κ2) is 10.3. The number of thioether (sulfide) groups is 1. The fourth-order valence-electron chi connectivity index (χ4n) is 5.77. The van der Waals surface area contributed by atoms with Gasteiger partial charge in [0.05, 0.1) is 10.4 Å². The van der Waals surface area contributed by atoms with Crippen LogP contribution in [0.4, 0.5) is 5.69 Å². The topological polar surface area (TPSA) is 29.1 Å². The normalized spacial score (nSPS) is 19.7. The fraction of sp³-hybridized carbons (Fsp3) is 0.312. The molecule has 0 saturated carbocycles. The molecule has 0 N–H and O–H groups in total. The largest absolute Gasteiger partial charge is 0.337 e. The van der Waals surface area contributed by atoms with E-state index in [1.807, 2.05) is 15.9 Å². The van der Waals surface area contributed by atoms with Gasteiger partial charge in [-0.3, -0.25) is 9.36 Å². The number of anilines is 1. The summed E-state index contributed by atoms with van der Waals surface area (Å²) in [6.07, 6.45) is 9.04. The van der Waals surface area contributed by atoms with Crippen LogP contribution in [-0.4, -0.2) is 11.6 Å². The Bertz CT molecular complexity index is 1830. The number of nitrogens with zero attached hydrogens (tertiary/aromatic N) is 3. The van der Waals surface area contributed by atoms with Crippen molar-refractivity contribution in [1.29, 1.82) is 0 Å². The molecule has 200 valence electrons. The first-order chi connectivity index (χ1) is 18.8. The lowest BCUT2D eigenvalue weighted by Crippen LogP contribution is -2.33. The van der Waals surface area contributed by atoms with Crippen molar-refractivity contribution in [3.8, 4) is 0 Å². The van der Waals surface area contributed by atoms with E-state index >= 15 is 0 Å². The van der Waals surface area contributed by atoms with E-state index in [-0.39, 0.29) is 11.0 Å². The van der Waals surface area contributed by atoms with Crippen LogP contribution in [0, 0.1) is 5.41 Å². The SMILES string of the molecule is CCn1c(=CC2=C/C(=C/c3sc4ccccc4[n+]3CC)CC(C)(C)C2)s/c(=C2\Sc3ccccc3N2C)c1=O. The lowest BCUT2D eigenvalue weighted by Gasteiger charge is -2.30. The summed E-state index contributed by atoms with van der Waals surface area (Å²) in [5.74, 6) is 0. The first-order valence-electron chi connectivity index (χ1n) is 13.6. The average Bonchev–Trinajstić information content (AvgIpc) is 3.53. The van der Waals surface area contributed by atoms with E-state index in [4.69, 9.17) is 0 Å². The number of thiazole rings is 2. The Morgan fingerprint density at radius 1 is 1.00 bits per heavy atom. The first-order valence-corrected chi connectivity index (χ1v) is 16.0. The molecule has 0 unspecified atom stereocenters. The van der Waals surface area contributed by atoms with Crippen molar-refractivity contribution in [2.75, 3.05) is 11.9 Å². The van der Waals surface area contributed by atoms with Crippen LogP contribution in [-0.2, 0) is 13.1 Å². The van der Waals surface area contributed by atoms with E-state index in [2.05, 4.69) is 111 Å². The second-order valence-electron chi connectivity index (χ2n) is 11.0. The molecule has 0 saturated heterocycles. The van der Waals surface area contributed by atoms with Gasteiger partial charge in [-0.2, -0.15) is 4.57 Å². The van der Waals surface area contributed by atoms with Crippen molar-refractivity contribution in [1.82, 2.24) is 4.57 Å². The van der Waals surface area contributed by atoms with Crippen LogP contribution in [0.15, 0.2) is 75.4 Å². The van der Waals surface area contributed by atoms with Crippen molar-refractivity contribution >= 4 is 67.5 Å². The zero-order chi connectivity index (χ0) is 27.3. The predicted octanol–water partition coefficient (Wildman–Crippen LogP) is 6.37. The van der Waals surface area contributed by atoms with Crippen molar-refractivity contribution in [2.45, 2.75) is 58.5 Å². The molecule has 7 heteroatoms. The number of aromatic nitrogens is 2. The Kier molecular flexibility index (Phi) is 6.94. The third kappa shape index (κ3) is 4.85. The van der Waals surface area contributed by atoms with Gasteiger partial charge < -0.3 is 4.90 Å². The standard InChI is InChI=1S/C32H34N3OS3/c1-6-34-24-13-9-11-15-26(24)37-27(34)17-21-16-22(20-32(3,4)19-21)18-28-35(7-2)30(36)29(39-28)31-33(5)23-12-8-10-14-25(23)38-31/h8-18H,6-7,19-20H2,1-5H3/q+1/b31-29-. The predicted molar refractivity (Wildman–Crippen MR) is 169 cm³/mol. The van der Waals surface area contributed by atoms with Crippen LogP contribution >= 0.6 is 34.4 Å². The summed E-state index contributed by atoms with van der Waals surface area (Å²) in [5.41, 5.74) is 5.36. The molecule has 0 spiro atoms. The lowest BCUT2D eigenvalue weighted by molar-refractivity contribution is -0.665. The monoisotopic (exact) mass is 572 g/mol. The van der Waals surface area contributed by atoms with E-state index in [1.54, 1.807) is 23.1 Å². The van der Waals surface area contributed by atoms with Crippen molar-refractivity contribution in [3.05, 3.63) is 90.3 Å². The van der Waals surface area contributed by atoms with Gasteiger partial charge in [0, 0.05) is 30.6 Å². The van der Waals surface area contributed by atoms with Crippen LogP contribution in [0.2, 0.25) is 0 Å². The Hall–Kier alpha value is -2.87. The third-order valence-corrected chi connectivity index (χ3v) is 11.1. The van der Waals surface area contributed by atoms with Gasteiger partial charge in [-0.05, 0) is 67.5 Å². The van der Waals surface area contributed by atoms with E-state index in [9.17, 15) is 4.79 Å². The van der Waals surface area contributed by atoms with Crippen LogP contribution < -0.4 is 24.2 Å². The number of fused-ring (bicyclic) bond motifs is 2. The molecular weight excluding hydrogens is 539 g/mol. The minimum atomic E-state index is 0.108. The Morgan fingerprint density at radius 3 is 2.54 bits per heavy atom. The molecule has 3 heterocycles. The summed E-state index contributed by atoms with van der Waals surface area (Å²) >= 11 is 5.18. The fourth-order valence-corrected chi connectivity index (χ4v) is 9.46. The summed E-state index contributed by atoms with van der Waals surface area (Å²) in [7, 11) is 2.06. The van der Waals surface area contributed by atoms with Crippen molar-refractivity contribution < 1.29 is 4.57 Å². The molecule has 6 rings (SSSR count). The molecule has 0 fully saturated rings. The van der Waals surface area contributed by atoms with Gasteiger partial charge in [-0.1, -0.05) is 67.3 Å². The number of para-hydroxylation sites is 2. The second-order valence-corrected chi connectivity index (χ2v) is 14.1. The van der Waals surface area contributed by atoms with Gasteiger partial charge in [0.25, 0.3) is 10.6 Å². The minimum Gasteiger partial charge on any atom is -0.337 e. The van der Waals surface area contributed by atoms with E-state index < -0.39 is 0 Å². The number of allylic oxidation sites excluding steroid dienone is 3. The third-order valence-electron chi connectivity index (χ3n) is 7.47. The van der Waals surface area contributed by atoms with Gasteiger partial charge >= 0.3 is 0 Å². The van der Waals surface area contributed by atoms with Crippen LogP contribution in [0.5, 0.6) is 0 Å². The number of aryl methyl sites for hydroxylation is 1. The van der Waals surface area contributed by atoms with Crippen LogP contribution in [0.25, 0.3) is 27.4 Å². The Labute approximate surface area is 241 Å². The Balaban J connectivity index is 1.46. The van der Waals surface area contributed by atoms with Gasteiger partial charge in [0.15, 0.2) is 0 Å². The lowest BCUT2D eigenvalue weighted by atomic mass is 9.75. The number of rotatable bonds is 4. The van der Waals surface area contributed by atoms with E-state index in [0.29, 0.717) is 6.54 Å². The summed E-state index contributed by atoms with van der Waals surface area (Å²) in [4.78, 5) is 17.0. The number of benzene rings is 2. The quantitative estimate of drug-likeness (QED) is 0.266. The molecule has 0 amide bonds. The highest BCUT2D eigenvalue weighted by Crippen LogP contribution is 2.45. The summed E-state index contributed by atoms with van der Waals surface area (Å²) in [6.45, 7) is 10.6. The van der Waals surface area contributed by atoms with Gasteiger partial charge in [0.1, 0.15) is 20.8 Å². The summed E-state index contributed by atoms with van der Waals surface area (Å²) in [5, 5.41) is 2.32.